The Bertz CT molecular complexity index is 491. The first kappa shape index (κ1) is 12.2. The van der Waals surface area contributed by atoms with Crippen molar-refractivity contribution in [1.82, 2.24) is 4.98 Å². The number of nitrogens with one attached hydrogen (secondary N) is 1. The zero-order valence-corrected chi connectivity index (χ0v) is 9.50. The van der Waals surface area contributed by atoms with Gasteiger partial charge in [0.1, 0.15) is 5.82 Å². The first-order valence-electron chi connectivity index (χ1n) is 4.82. The highest BCUT2D eigenvalue weighted by Gasteiger charge is 1.97. The Kier molecular flexibility index (Phi) is 4.05. The molecule has 0 amide bonds. The maximum atomic E-state index is 12.6. The summed E-state index contributed by atoms with van der Waals surface area (Å²) in [7, 11) is 1.35. The predicted octanol–water partition coefficient (Wildman–Crippen LogP) is 2.79. The number of carbonyl (C=O) groups excluding carboxylic acids is 1. The summed E-state index contributed by atoms with van der Waals surface area (Å²) in [6, 6.07) is 6.66. The van der Waals surface area contributed by atoms with Gasteiger partial charge in [-0.15, -0.1) is 0 Å². The van der Waals surface area contributed by atoms with Crippen LogP contribution in [0.25, 0.3) is 10.9 Å². The van der Waals surface area contributed by atoms with E-state index in [1.165, 1.54) is 26.2 Å². The molecule has 0 radical (unpaired) electrons. The molecule has 0 saturated carbocycles. The minimum atomic E-state index is -0.245. The van der Waals surface area contributed by atoms with E-state index in [9.17, 15) is 9.18 Å². The highest BCUT2D eigenvalue weighted by atomic mass is 19.1. The van der Waals surface area contributed by atoms with Crippen molar-refractivity contribution in [2.75, 3.05) is 7.11 Å². The number of halogens is 1. The molecule has 0 bridgehead atoms. The van der Waals surface area contributed by atoms with Crippen molar-refractivity contribution in [1.29, 1.82) is 0 Å². The number of aryl methyl sites for hydroxylation is 1. The van der Waals surface area contributed by atoms with Gasteiger partial charge in [-0.1, -0.05) is 0 Å². The number of H-pyrrole nitrogens is 1. The number of hydrogen-bond acceptors (Lipinski definition) is 2. The van der Waals surface area contributed by atoms with Gasteiger partial charge >= 0.3 is 5.97 Å². The number of methoxy groups -OCH3 is 1. The summed E-state index contributed by atoms with van der Waals surface area (Å²) in [5, 5.41) is 0.933. The van der Waals surface area contributed by atoms with Gasteiger partial charge in [0.25, 0.3) is 0 Å². The van der Waals surface area contributed by atoms with E-state index < -0.39 is 0 Å². The third-order valence-corrected chi connectivity index (χ3v) is 2.00. The van der Waals surface area contributed by atoms with Crippen LogP contribution in [0.1, 0.15) is 12.6 Å². The second-order valence-corrected chi connectivity index (χ2v) is 3.38. The predicted molar refractivity (Wildman–Crippen MR) is 60.7 cm³/mol. The van der Waals surface area contributed by atoms with Gasteiger partial charge in [-0.25, -0.2) is 4.39 Å². The third kappa shape index (κ3) is 3.38. The summed E-state index contributed by atoms with van der Waals surface area (Å²) in [5.41, 5.74) is 2.05. The van der Waals surface area contributed by atoms with Crippen LogP contribution in [0.4, 0.5) is 4.39 Å². The Morgan fingerprint density at radius 2 is 2.00 bits per heavy atom. The fourth-order valence-electron chi connectivity index (χ4n) is 1.25. The van der Waals surface area contributed by atoms with Crippen molar-refractivity contribution >= 4 is 16.9 Å². The SMILES string of the molecule is COC(C)=O.Cc1cc2cc(F)ccc2[nH]1. The number of aromatic amines is 1. The largest absolute Gasteiger partial charge is 0.469 e. The second-order valence-electron chi connectivity index (χ2n) is 3.38. The molecular weight excluding hydrogens is 209 g/mol. The first-order chi connectivity index (χ1) is 7.52. The lowest BCUT2D eigenvalue weighted by Gasteiger charge is -1.87. The van der Waals surface area contributed by atoms with Crippen LogP contribution in [0.5, 0.6) is 0 Å². The van der Waals surface area contributed by atoms with E-state index in [1.807, 2.05) is 13.0 Å². The fourth-order valence-corrected chi connectivity index (χ4v) is 1.25. The molecule has 0 aliphatic carbocycles. The standard InChI is InChI=1S/C9H8FN.C3H6O2/c1-6-4-7-5-8(10)2-3-9(7)11-6;1-3(4)5-2/h2-5,11H,1H3;1-2H3. The molecular formula is C12H14FNO2. The molecule has 2 rings (SSSR count). The topological polar surface area (TPSA) is 42.1 Å². The second kappa shape index (κ2) is 5.30. The highest BCUT2D eigenvalue weighted by Crippen LogP contribution is 2.15. The third-order valence-electron chi connectivity index (χ3n) is 2.00. The molecule has 0 aliphatic heterocycles. The lowest BCUT2D eigenvalue weighted by atomic mass is 10.2. The summed E-state index contributed by atoms with van der Waals surface area (Å²) in [6.07, 6.45) is 0. The van der Waals surface area contributed by atoms with E-state index in [1.54, 1.807) is 6.07 Å². The van der Waals surface area contributed by atoms with E-state index >= 15 is 0 Å². The number of esters is 1. The Balaban J connectivity index is 0.000000221. The van der Waals surface area contributed by atoms with E-state index in [4.69, 9.17) is 0 Å². The summed E-state index contributed by atoms with van der Waals surface area (Å²) in [4.78, 5) is 12.7. The van der Waals surface area contributed by atoms with Crippen molar-refractivity contribution in [3.05, 3.63) is 35.8 Å². The molecule has 1 heterocycles. The number of fused-ring (bicyclic) bond motifs is 1. The summed E-state index contributed by atoms with van der Waals surface area (Å²) >= 11 is 0. The number of benzene rings is 1. The average Bonchev–Trinajstić information content (AvgIpc) is 2.58. The Labute approximate surface area is 93.2 Å². The van der Waals surface area contributed by atoms with Crippen LogP contribution in [0.2, 0.25) is 0 Å². The zero-order valence-electron chi connectivity index (χ0n) is 9.50. The first-order valence-corrected chi connectivity index (χ1v) is 4.82. The molecule has 86 valence electrons. The molecule has 0 spiro atoms. The van der Waals surface area contributed by atoms with Crippen LogP contribution in [-0.4, -0.2) is 18.1 Å². The van der Waals surface area contributed by atoms with Crippen molar-refractivity contribution in [2.45, 2.75) is 13.8 Å². The van der Waals surface area contributed by atoms with Gasteiger partial charge in [-0.2, -0.15) is 0 Å². The van der Waals surface area contributed by atoms with Gasteiger partial charge in [0.05, 0.1) is 7.11 Å². The van der Waals surface area contributed by atoms with Gasteiger partial charge in [0, 0.05) is 23.5 Å². The summed E-state index contributed by atoms with van der Waals surface area (Å²) in [5.74, 6) is -0.429. The highest BCUT2D eigenvalue weighted by molar-refractivity contribution is 5.80. The van der Waals surface area contributed by atoms with Crippen molar-refractivity contribution in [2.24, 2.45) is 0 Å². The lowest BCUT2D eigenvalue weighted by Crippen LogP contribution is -1.88. The maximum absolute atomic E-state index is 12.6. The number of hydrogen-bond donors (Lipinski definition) is 1. The normalized spacial score (nSPS) is 9.50. The maximum Gasteiger partial charge on any atom is 0.302 e. The Hall–Kier alpha value is -1.84. The number of ether oxygens (including phenoxy) is 1. The number of rotatable bonds is 0. The van der Waals surface area contributed by atoms with Crippen molar-refractivity contribution in [3.8, 4) is 0 Å². The lowest BCUT2D eigenvalue weighted by molar-refractivity contribution is -0.137. The number of carbonyl (C=O) groups is 1. The number of aromatic nitrogens is 1. The van der Waals surface area contributed by atoms with Crippen molar-refractivity contribution < 1.29 is 13.9 Å². The molecule has 4 heteroatoms. The van der Waals surface area contributed by atoms with Crippen molar-refractivity contribution in [3.63, 3.8) is 0 Å². The Morgan fingerprint density at radius 1 is 1.38 bits per heavy atom. The molecule has 0 saturated heterocycles. The molecule has 0 unspecified atom stereocenters. The van der Waals surface area contributed by atoms with Gasteiger partial charge in [-0.05, 0) is 31.2 Å². The molecule has 1 aromatic carbocycles. The van der Waals surface area contributed by atoms with Crippen LogP contribution in [0, 0.1) is 12.7 Å². The average molecular weight is 223 g/mol. The van der Waals surface area contributed by atoms with Gasteiger partial charge in [-0.3, -0.25) is 4.79 Å². The van der Waals surface area contributed by atoms with E-state index in [0.29, 0.717) is 0 Å². The van der Waals surface area contributed by atoms with Crippen LogP contribution < -0.4 is 0 Å². The minimum Gasteiger partial charge on any atom is -0.469 e. The summed E-state index contributed by atoms with van der Waals surface area (Å²) < 4.78 is 16.7. The molecule has 3 nitrogen and oxygen atoms in total. The Morgan fingerprint density at radius 3 is 2.56 bits per heavy atom. The van der Waals surface area contributed by atoms with Crippen LogP contribution in [0.3, 0.4) is 0 Å². The molecule has 1 aromatic heterocycles. The minimum absolute atomic E-state index is 0.184. The molecule has 1 N–H and O–H groups in total. The fraction of sp³-hybridized carbons (Fsp3) is 0.250. The van der Waals surface area contributed by atoms with Crippen LogP contribution >= 0.6 is 0 Å². The van der Waals surface area contributed by atoms with E-state index in [2.05, 4.69) is 9.72 Å². The van der Waals surface area contributed by atoms with E-state index in [0.717, 1.165) is 16.6 Å². The van der Waals surface area contributed by atoms with Gasteiger partial charge in [0.15, 0.2) is 0 Å². The molecule has 2 aromatic rings. The van der Waals surface area contributed by atoms with Gasteiger partial charge < -0.3 is 9.72 Å². The zero-order chi connectivity index (χ0) is 12.1. The van der Waals surface area contributed by atoms with E-state index in [-0.39, 0.29) is 11.8 Å². The molecule has 0 fully saturated rings. The van der Waals surface area contributed by atoms with Crippen LogP contribution in [-0.2, 0) is 9.53 Å². The monoisotopic (exact) mass is 223 g/mol. The molecule has 16 heavy (non-hydrogen) atoms. The van der Waals surface area contributed by atoms with Gasteiger partial charge in [0.2, 0.25) is 0 Å². The molecule has 0 atom stereocenters. The molecule has 0 aliphatic rings. The smallest absolute Gasteiger partial charge is 0.302 e. The summed E-state index contributed by atoms with van der Waals surface area (Å²) in [6.45, 7) is 3.32. The van der Waals surface area contributed by atoms with Crippen LogP contribution in [0.15, 0.2) is 24.3 Å². The quantitative estimate of drug-likeness (QED) is 0.698.